The van der Waals surface area contributed by atoms with Gasteiger partial charge in [-0.25, -0.2) is 9.59 Å². The second-order valence-electron chi connectivity index (χ2n) is 3.34. The molecule has 2 aromatic rings. The first-order chi connectivity index (χ1) is 8.61. The third-order valence-electron chi connectivity index (χ3n) is 2.04. The molecule has 94 valence electrons. The van der Waals surface area contributed by atoms with Gasteiger partial charge in [0.25, 0.3) is 0 Å². The largest absolute Gasteiger partial charge is 0.478 e. The Bertz CT molecular complexity index is 462. The van der Waals surface area contributed by atoms with Crippen LogP contribution in [0.1, 0.15) is 20.7 Å². The van der Waals surface area contributed by atoms with Gasteiger partial charge in [0, 0.05) is 27.7 Å². The number of hydrogen-bond donors (Lipinski definition) is 2. The van der Waals surface area contributed by atoms with Crippen LogP contribution < -0.4 is 0 Å². The minimum Gasteiger partial charge on any atom is -0.478 e. The summed E-state index contributed by atoms with van der Waals surface area (Å²) >= 11 is 0. The van der Waals surface area contributed by atoms with Gasteiger partial charge in [0.05, 0.1) is 11.1 Å². The average Bonchev–Trinajstić information content (AvgIpc) is 2.41. The topological polar surface area (TPSA) is 74.6 Å². The smallest absolute Gasteiger partial charge is 0.335 e. The van der Waals surface area contributed by atoms with E-state index in [0.717, 1.165) is 0 Å². The van der Waals surface area contributed by atoms with E-state index in [2.05, 4.69) is 0 Å². The van der Waals surface area contributed by atoms with Gasteiger partial charge in [-0.3, -0.25) is 0 Å². The number of carbonyl (C=O) groups is 2. The summed E-state index contributed by atoms with van der Waals surface area (Å²) in [4.78, 5) is 20.4. The number of carboxylic acids is 2. The van der Waals surface area contributed by atoms with Crippen molar-refractivity contribution in [1.82, 2.24) is 0 Å². The molecule has 0 saturated heterocycles. The summed E-state index contributed by atoms with van der Waals surface area (Å²) in [5.74, 6) is -1.76. The fourth-order valence-corrected chi connectivity index (χ4v) is 1.16. The Morgan fingerprint density at radius 1 is 0.632 bits per heavy atom. The molecule has 2 N–H and O–H groups in total. The Kier molecular flexibility index (Phi) is 8.45. The summed E-state index contributed by atoms with van der Waals surface area (Å²) in [5, 5.41) is 16.8. The van der Waals surface area contributed by atoms with Crippen molar-refractivity contribution in [3.63, 3.8) is 0 Å². The van der Waals surface area contributed by atoms with Crippen molar-refractivity contribution in [2.75, 3.05) is 0 Å². The number of hydrogen-bond acceptors (Lipinski definition) is 2. The molecule has 0 aliphatic rings. The zero-order chi connectivity index (χ0) is 13.4. The Morgan fingerprint density at radius 3 is 1.05 bits per heavy atom. The summed E-state index contributed by atoms with van der Waals surface area (Å²) in [6.45, 7) is 0. The molecular formula is C14H12HgO4. The van der Waals surface area contributed by atoms with Gasteiger partial charge in [-0.2, -0.15) is 0 Å². The van der Waals surface area contributed by atoms with Gasteiger partial charge in [-0.05, 0) is 24.3 Å². The van der Waals surface area contributed by atoms with Gasteiger partial charge in [-0.15, -0.1) is 0 Å². The van der Waals surface area contributed by atoms with Crippen LogP contribution in [0.5, 0.6) is 0 Å². The van der Waals surface area contributed by atoms with Crippen molar-refractivity contribution < 1.29 is 47.5 Å². The molecule has 5 heteroatoms. The third-order valence-corrected chi connectivity index (χ3v) is 2.04. The normalized spacial score (nSPS) is 8.42. The molecule has 0 aliphatic heterocycles. The van der Waals surface area contributed by atoms with Gasteiger partial charge in [-0.1, -0.05) is 36.4 Å². The molecule has 0 aliphatic carbocycles. The van der Waals surface area contributed by atoms with Gasteiger partial charge in [0.1, 0.15) is 0 Å². The second-order valence-corrected chi connectivity index (χ2v) is 3.34. The van der Waals surface area contributed by atoms with Gasteiger partial charge < -0.3 is 10.2 Å². The van der Waals surface area contributed by atoms with Crippen molar-refractivity contribution in [2.45, 2.75) is 0 Å². The van der Waals surface area contributed by atoms with E-state index in [1.54, 1.807) is 60.7 Å². The van der Waals surface area contributed by atoms with E-state index < -0.39 is 11.9 Å². The Balaban J connectivity index is 0.000000324. The maximum Gasteiger partial charge on any atom is 0.335 e. The molecule has 0 atom stereocenters. The van der Waals surface area contributed by atoms with E-state index in [1.165, 1.54) is 0 Å². The van der Waals surface area contributed by atoms with Crippen LogP contribution >= 0.6 is 0 Å². The molecular weight excluding hydrogens is 433 g/mol. The monoisotopic (exact) mass is 446 g/mol. The van der Waals surface area contributed by atoms with Crippen molar-refractivity contribution in [3.05, 3.63) is 71.8 Å². The van der Waals surface area contributed by atoms with Crippen LogP contribution in [-0.2, 0) is 27.7 Å². The fourth-order valence-electron chi connectivity index (χ4n) is 1.16. The molecule has 19 heavy (non-hydrogen) atoms. The van der Waals surface area contributed by atoms with E-state index in [0.29, 0.717) is 11.1 Å². The van der Waals surface area contributed by atoms with E-state index in [9.17, 15) is 9.59 Å². The molecule has 0 amide bonds. The minimum atomic E-state index is -0.879. The summed E-state index contributed by atoms with van der Waals surface area (Å²) in [5.41, 5.74) is 0.662. The molecule has 2 rings (SSSR count). The predicted molar refractivity (Wildman–Crippen MR) is 66.8 cm³/mol. The molecule has 0 radical (unpaired) electrons. The Morgan fingerprint density at radius 2 is 0.895 bits per heavy atom. The zero-order valence-electron chi connectivity index (χ0n) is 10.2. The SMILES string of the molecule is O=C(O)c1ccccc1.O=C(O)c1ccccc1.[Hg]. The van der Waals surface area contributed by atoms with Crippen LogP contribution in [0.25, 0.3) is 0 Å². The molecule has 4 nitrogen and oxygen atoms in total. The third kappa shape index (κ3) is 6.71. The van der Waals surface area contributed by atoms with Gasteiger partial charge in [0.2, 0.25) is 0 Å². The van der Waals surface area contributed by atoms with Crippen LogP contribution in [0.3, 0.4) is 0 Å². The van der Waals surface area contributed by atoms with E-state index in [4.69, 9.17) is 10.2 Å². The molecule has 2 aromatic carbocycles. The Hall–Kier alpha value is -1.68. The fraction of sp³-hybridized carbons (Fsp3) is 0. The van der Waals surface area contributed by atoms with E-state index in [1.807, 2.05) is 0 Å². The quantitative estimate of drug-likeness (QED) is 0.699. The van der Waals surface area contributed by atoms with Crippen molar-refractivity contribution >= 4 is 11.9 Å². The van der Waals surface area contributed by atoms with Crippen molar-refractivity contribution in [2.24, 2.45) is 0 Å². The van der Waals surface area contributed by atoms with Crippen LogP contribution in [0, 0.1) is 0 Å². The zero-order valence-corrected chi connectivity index (χ0v) is 15.7. The van der Waals surface area contributed by atoms with E-state index in [-0.39, 0.29) is 27.7 Å². The predicted octanol–water partition coefficient (Wildman–Crippen LogP) is 2.77. The van der Waals surface area contributed by atoms with Gasteiger partial charge in [0.15, 0.2) is 0 Å². The minimum absolute atomic E-state index is 0. The van der Waals surface area contributed by atoms with E-state index >= 15 is 0 Å². The number of benzene rings is 2. The summed E-state index contributed by atoms with van der Waals surface area (Å²) in [7, 11) is 0. The van der Waals surface area contributed by atoms with Crippen LogP contribution in [0.15, 0.2) is 60.7 Å². The van der Waals surface area contributed by atoms with Gasteiger partial charge >= 0.3 is 11.9 Å². The summed E-state index contributed by atoms with van der Waals surface area (Å²) < 4.78 is 0. The molecule has 0 heterocycles. The number of carboxylic acid groups (broad SMARTS) is 2. The number of rotatable bonds is 2. The van der Waals surface area contributed by atoms with Crippen LogP contribution in [0.4, 0.5) is 0 Å². The first-order valence-electron chi connectivity index (χ1n) is 5.18. The summed E-state index contributed by atoms with van der Waals surface area (Å²) in [6.07, 6.45) is 0. The molecule has 0 fully saturated rings. The maximum atomic E-state index is 10.2. The first kappa shape index (κ1) is 17.3. The average molecular weight is 445 g/mol. The second kappa shape index (κ2) is 9.27. The molecule has 0 aromatic heterocycles. The molecule has 0 saturated carbocycles. The van der Waals surface area contributed by atoms with Crippen molar-refractivity contribution in [1.29, 1.82) is 0 Å². The Labute approximate surface area is 131 Å². The van der Waals surface area contributed by atoms with Crippen LogP contribution in [0.2, 0.25) is 0 Å². The summed E-state index contributed by atoms with van der Waals surface area (Å²) in [6, 6.07) is 16.6. The molecule has 0 spiro atoms. The van der Waals surface area contributed by atoms with Crippen molar-refractivity contribution in [3.8, 4) is 0 Å². The van der Waals surface area contributed by atoms with Crippen LogP contribution in [-0.4, -0.2) is 22.2 Å². The standard InChI is InChI=1S/2C7H6O2.Hg/c2*8-7(9)6-4-2-1-3-5-6;/h2*1-5H,(H,8,9);. The first-order valence-corrected chi connectivity index (χ1v) is 5.18. The number of aromatic carboxylic acids is 2. The maximum absolute atomic E-state index is 10.2. The molecule has 0 unspecified atom stereocenters. The molecule has 0 bridgehead atoms.